The highest BCUT2D eigenvalue weighted by Gasteiger charge is 2.25. The molecule has 0 heterocycles. The summed E-state index contributed by atoms with van der Waals surface area (Å²) in [5.74, 6) is 1.37. The van der Waals surface area contributed by atoms with Crippen LogP contribution in [0.2, 0.25) is 0 Å². The van der Waals surface area contributed by atoms with E-state index in [1.54, 1.807) is 0 Å². The number of rotatable bonds is 10. The maximum Gasteiger partial charge on any atom is 0.220 e. The van der Waals surface area contributed by atoms with E-state index in [-0.39, 0.29) is 5.91 Å². The van der Waals surface area contributed by atoms with Crippen LogP contribution in [-0.2, 0) is 4.79 Å². The van der Waals surface area contributed by atoms with Crippen molar-refractivity contribution < 1.29 is 4.79 Å². The fraction of sp³-hybridized carbons (Fsp3) is 0.933. The van der Waals surface area contributed by atoms with Crippen LogP contribution in [0.5, 0.6) is 0 Å². The summed E-state index contributed by atoms with van der Waals surface area (Å²) in [6, 6.07) is 0.770. The second kappa shape index (κ2) is 8.54. The van der Waals surface area contributed by atoms with Gasteiger partial charge in [0.25, 0.3) is 0 Å². The van der Waals surface area contributed by atoms with Gasteiger partial charge in [0.2, 0.25) is 5.91 Å². The van der Waals surface area contributed by atoms with Crippen molar-refractivity contribution in [2.45, 2.75) is 52.0 Å². The number of amides is 1. The smallest absolute Gasteiger partial charge is 0.220 e. The Morgan fingerprint density at radius 2 is 2.05 bits per heavy atom. The van der Waals surface area contributed by atoms with E-state index in [0.29, 0.717) is 18.3 Å². The monoisotopic (exact) mass is 269 g/mol. The molecule has 0 spiro atoms. The van der Waals surface area contributed by atoms with Crippen LogP contribution in [0, 0.1) is 11.8 Å². The first kappa shape index (κ1) is 16.4. The van der Waals surface area contributed by atoms with Crippen LogP contribution >= 0.6 is 0 Å². The zero-order chi connectivity index (χ0) is 14.3. The Hall–Kier alpha value is -0.610. The van der Waals surface area contributed by atoms with Crippen molar-refractivity contribution in [3.8, 4) is 0 Å². The number of hydrogen-bond donors (Lipinski definition) is 2. The van der Waals surface area contributed by atoms with E-state index in [1.165, 1.54) is 12.8 Å². The molecule has 1 aliphatic rings. The first-order valence-corrected chi connectivity index (χ1v) is 7.71. The van der Waals surface area contributed by atoms with Gasteiger partial charge in [-0.1, -0.05) is 13.8 Å². The normalized spacial score (nSPS) is 16.9. The molecule has 0 aromatic rings. The first-order chi connectivity index (χ1) is 9.04. The molecule has 4 heteroatoms. The van der Waals surface area contributed by atoms with E-state index in [0.717, 1.165) is 38.5 Å². The van der Waals surface area contributed by atoms with Crippen molar-refractivity contribution in [3.63, 3.8) is 0 Å². The number of carbonyl (C=O) groups is 1. The van der Waals surface area contributed by atoms with E-state index in [2.05, 4.69) is 31.1 Å². The largest absolute Gasteiger partial charge is 0.355 e. The molecule has 1 aliphatic carbocycles. The lowest BCUT2D eigenvalue weighted by Crippen LogP contribution is -2.34. The molecule has 1 amide bonds. The Kier molecular flexibility index (Phi) is 7.39. The molecule has 19 heavy (non-hydrogen) atoms. The second-order valence-corrected chi connectivity index (χ2v) is 6.18. The summed E-state index contributed by atoms with van der Waals surface area (Å²) in [5.41, 5.74) is 5.62. The van der Waals surface area contributed by atoms with Gasteiger partial charge in [0, 0.05) is 25.6 Å². The highest BCUT2D eigenvalue weighted by atomic mass is 16.1. The predicted octanol–water partition coefficient (Wildman–Crippen LogP) is 1.60. The highest BCUT2D eigenvalue weighted by molar-refractivity contribution is 5.75. The Balaban J connectivity index is 2.08. The first-order valence-electron chi connectivity index (χ1n) is 7.71. The van der Waals surface area contributed by atoms with Crippen LogP contribution in [0.15, 0.2) is 0 Å². The summed E-state index contributed by atoms with van der Waals surface area (Å²) >= 11 is 0. The summed E-state index contributed by atoms with van der Waals surface area (Å²) in [4.78, 5) is 14.1. The summed E-state index contributed by atoms with van der Waals surface area (Å²) < 4.78 is 0. The molecule has 0 radical (unpaired) electrons. The maximum atomic E-state index is 11.8. The topological polar surface area (TPSA) is 58.4 Å². The van der Waals surface area contributed by atoms with E-state index in [4.69, 9.17) is 5.73 Å². The van der Waals surface area contributed by atoms with Crippen LogP contribution < -0.4 is 11.1 Å². The molecule has 1 unspecified atom stereocenters. The molecule has 0 aromatic heterocycles. The number of hydrogen-bond acceptors (Lipinski definition) is 3. The zero-order valence-corrected chi connectivity index (χ0v) is 12.8. The van der Waals surface area contributed by atoms with E-state index >= 15 is 0 Å². The Bertz CT molecular complexity index is 264. The summed E-state index contributed by atoms with van der Waals surface area (Å²) in [5, 5.41) is 3.02. The number of likely N-dealkylation sites (N-methyl/N-ethyl adjacent to an activating group) is 1. The number of nitrogens with zero attached hydrogens (tertiary/aromatic N) is 1. The van der Waals surface area contributed by atoms with E-state index in [9.17, 15) is 4.79 Å². The third-order valence-electron chi connectivity index (χ3n) is 4.18. The summed E-state index contributed by atoms with van der Waals surface area (Å²) in [6.07, 6.45) is 5.25. The molecule has 4 nitrogen and oxygen atoms in total. The van der Waals surface area contributed by atoms with Gasteiger partial charge in [0.1, 0.15) is 0 Å². The van der Waals surface area contributed by atoms with Crippen molar-refractivity contribution in [1.29, 1.82) is 0 Å². The zero-order valence-electron chi connectivity index (χ0n) is 12.8. The summed E-state index contributed by atoms with van der Waals surface area (Å²) in [7, 11) is 2.14. The minimum atomic E-state index is 0.187. The van der Waals surface area contributed by atoms with Gasteiger partial charge in [-0.05, 0) is 51.1 Å². The molecule has 0 aliphatic heterocycles. The number of nitrogens with two attached hydrogens (primary N) is 1. The average molecular weight is 269 g/mol. The van der Waals surface area contributed by atoms with Gasteiger partial charge in [-0.15, -0.1) is 0 Å². The number of carbonyl (C=O) groups excluding carboxylic acids is 1. The highest BCUT2D eigenvalue weighted by Crippen LogP contribution is 2.24. The Morgan fingerprint density at radius 3 is 2.58 bits per heavy atom. The molecule has 0 aromatic carbocycles. The minimum Gasteiger partial charge on any atom is -0.355 e. The Labute approximate surface area is 118 Å². The molecule has 1 fully saturated rings. The van der Waals surface area contributed by atoms with Crippen LogP contribution in [-0.4, -0.2) is 43.5 Å². The maximum absolute atomic E-state index is 11.8. The van der Waals surface area contributed by atoms with Crippen molar-refractivity contribution >= 4 is 5.91 Å². The minimum absolute atomic E-state index is 0.187. The molecular weight excluding hydrogens is 238 g/mol. The fourth-order valence-corrected chi connectivity index (χ4v) is 2.50. The lowest BCUT2D eigenvalue weighted by Gasteiger charge is -2.20. The fourth-order valence-electron chi connectivity index (χ4n) is 2.50. The Morgan fingerprint density at radius 1 is 1.37 bits per heavy atom. The van der Waals surface area contributed by atoms with Crippen LogP contribution in [0.4, 0.5) is 0 Å². The molecule has 1 saturated carbocycles. The molecule has 0 saturated heterocycles. The second-order valence-electron chi connectivity index (χ2n) is 6.18. The van der Waals surface area contributed by atoms with Crippen molar-refractivity contribution in [2.75, 3.05) is 26.7 Å². The van der Waals surface area contributed by atoms with E-state index < -0.39 is 0 Å². The lowest BCUT2D eigenvalue weighted by molar-refractivity contribution is -0.121. The molecule has 3 N–H and O–H groups in total. The van der Waals surface area contributed by atoms with Crippen LogP contribution in [0.25, 0.3) is 0 Å². The van der Waals surface area contributed by atoms with Gasteiger partial charge in [-0.25, -0.2) is 0 Å². The third-order valence-corrected chi connectivity index (χ3v) is 4.18. The van der Waals surface area contributed by atoms with Crippen molar-refractivity contribution in [1.82, 2.24) is 10.2 Å². The van der Waals surface area contributed by atoms with Crippen LogP contribution in [0.3, 0.4) is 0 Å². The van der Waals surface area contributed by atoms with Crippen LogP contribution in [0.1, 0.15) is 46.0 Å². The standard InChI is InChI=1S/C15H31N3O/c1-12(2)13(8-9-16)4-7-15(19)17-10-11-18(3)14-5-6-14/h12-14H,4-11,16H2,1-3H3,(H,17,19). The average Bonchev–Trinajstić information content (AvgIpc) is 3.18. The molecule has 0 bridgehead atoms. The quantitative estimate of drug-likeness (QED) is 0.633. The summed E-state index contributed by atoms with van der Waals surface area (Å²) in [6.45, 7) is 6.88. The number of nitrogens with one attached hydrogen (secondary N) is 1. The van der Waals surface area contributed by atoms with Crippen molar-refractivity contribution in [3.05, 3.63) is 0 Å². The van der Waals surface area contributed by atoms with Gasteiger partial charge >= 0.3 is 0 Å². The van der Waals surface area contributed by atoms with Gasteiger partial charge in [0.15, 0.2) is 0 Å². The van der Waals surface area contributed by atoms with Gasteiger partial charge < -0.3 is 16.0 Å². The molecule has 1 rings (SSSR count). The van der Waals surface area contributed by atoms with Crippen molar-refractivity contribution in [2.24, 2.45) is 17.6 Å². The molecule has 112 valence electrons. The van der Waals surface area contributed by atoms with Gasteiger partial charge in [-0.3, -0.25) is 4.79 Å². The van der Waals surface area contributed by atoms with Gasteiger partial charge in [0.05, 0.1) is 0 Å². The third kappa shape index (κ3) is 6.92. The van der Waals surface area contributed by atoms with Gasteiger partial charge in [-0.2, -0.15) is 0 Å². The van der Waals surface area contributed by atoms with E-state index in [1.807, 2.05) is 0 Å². The SMILES string of the molecule is CC(C)C(CCN)CCC(=O)NCCN(C)C1CC1. The lowest BCUT2D eigenvalue weighted by atomic mass is 9.88. The molecular formula is C15H31N3O. The predicted molar refractivity (Wildman–Crippen MR) is 79.9 cm³/mol. The molecule has 1 atom stereocenters.